The fourth-order valence-electron chi connectivity index (χ4n) is 2.34. The maximum Gasteiger partial charge on any atom is 0.0823 e. The van der Waals surface area contributed by atoms with E-state index in [0.717, 1.165) is 30.4 Å². The first-order chi connectivity index (χ1) is 8.20. The summed E-state index contributed by atoms with van der Waals surface area (Å²) in [5, 5.41) is 0. The summed E-state index contributed by atoms with van der Waals surface area (Å²) in [5.74, 6) is 0. The second-order valence-electron chi connectivity index (χ2n) is 4.68. The van der Waals surface area contributed by atoms with E-state index in [4.69, 9.17) is 4.74 Å². The first-order valence-corrected chi connectivity index (χ1v) is 6.27. The molecule has 0 unspecified atom stereocenters. The molecule has 2 rings (SSSR count). The van der Waals surface area contributed by atoms with E-state index in [1.807, 2.05) is 6.07 Å². The SMILES string of the molecule is C=C1C[C@@H](Cc2ccccc2)O[C@@H](CC)C1=C. The summed E-state index contributed by atoms with van der Waals surface area (Å²) in [6.45, 7) is 10.3. The Labute approximate surface area is 104 Å². The topological polar surface area (TPSA) is 9.23 Å². The molecule has 1 aliphatic heterocycles. The number of hydrogen-bond acceptors (Lipinski definition) is 1. The van der Waals surface area contributed by atoms with Crippen LogP contribution in [0.15, 0.2) is 54.6 Å². The lowest BCUT2D eigenvalue weighted by atomic mass is 9.91. The van der Waals surface area contributed by atoms with E-state index < -0.39 is 0 Å². The van der Waals surface area contributed by atoms with Crippen molar-refractivity contribution in [3.05, 3.63) is 60.2 Å². The third-order valence-corrected chi connectivity index (χ3v) is 3.35. The maximum absolute atomic E-state index is 6.06. The second kappa shape index (κ2) is 5.33. The van der Waals surface area contributed by atoms with E-state index in [1.54, 1.807) is 0 Å². The zero-order valence-electron chi connectivity index (χ0n) is 10.5. The lowest BCUT2D eigenvalue weighted by Gasteiger charge is -2.33. The Balaban J connectivity index is 2.03. The highest BCUT2D eigenvalue weighted by Gasteiger charge is 2.26. The molecule has 2 atom stereocenters. The van der Waals surface area contributed by atoms with Gasteiger partial charge in [0.15, 0.2) is 0 Å². The minimum absolute atomic E-state index is 0.157. The van der Waals surface area contributed by atoms with Gasteiger partial charge in [-0.15, -0.1) is 0 Å². The molecule has 0 aromatic heterocycles. The van der Waals surface area contributed by atoms with Crippen molar-refractivity contribution in [1.29, 1.82) is 0 Å². The van der Waals surface area contributed by atoms with Crippen molar-refractivity contribution in [2.75, 3.05) is 0 Å². The van der Waals surface area contributed by atoms with Gasteiger partial charge < -0.3 is 4.74 Å². The van der Waals surface area contributed by atoms with E-state index in [0.29, 0.717) is 0 Å². The van der Waals surface area contributed by atoms with Crippen LogP contribution in [0.3, 0.4) is 0 Å². The molecule has 0 bridgehead atoms. The molecule has 0 spiro atoms. The number of benzene rings is 1. The molecular weight excluding hydrogens is 208 g/mol. The Kier molecular flexibility index (Phi) is 3.80. The molecule has 1 aromatic rings. The fraction of sp³-hybridized carbons (Fsp3) is 0.375. The highest BCUT2D eigenvalue weighted by atomic mass is 16.5. The van der Waals surface area contributed by atoms with Crippen LogP contribution in [0.4, 0.5) is 0 Å². The van der Waals surface area contributed by atoms with Crippen LogP contribution >= 0.6 is 0 Å². The smallest absolute Gasteiger partial charge is 0.0823 e. The molecule has 1 nitrogen and oxygen atoms in total. The largest absolute Gasteiger partial charge is 0.370 e. The first kappa shape index (κ1) is 12.1. The van der Waals surface area contributed by atoms with Crippen LogP contribution in [0, 0.1) is 0 Å². The Morgan fingerprint density at radius 3 is 2.59 bits per heavy atom. The summed E-state index contributed by atoms with van der Waals surface area (Å²) in [7, 11) is 0. The van der Waals surface area contributed by atoms with Gasteiger partial charge in [-0.05, 0) is 36.0 Å². The molecule has 0 aliphatic carbocycles. The van der Waals surface area contributed by atoms with Crippen molar-refractivity contribution >= 4 is 0 Å². The summed E-state index contributed by atoms with van der Waals surface area (Å²) in [4.78, 5) is 0. The normalized spacial score (nSPS) is 25.0. The molecule has 90 valence electrons. The van der Waals surface area contributed by atoms with Gasteiger partial charge in [0.25, 0.3) is 0 Å². The molecule has 1 saturated heterocycles. The van der Waals surface area contributed by atoms with Crippen molar-refractivity contribution in [2.45, 2.75) is 38.4 Å². The monoisotopic (exact) mass is 228 g/mol. The molecule has 0 radical (unpaired) electrons. The molecule has 1 aliphatic rings. The van der Waals surface area contributed by atoms with Gasteiger partial charge in [0.1, 0.15) is 0 Å². The van der Waals surface area contributed by atoms with Crippen molar-refractivity contribution in [1.82, 2.24) is 0 Å². The van der Waals surface area contributed by atoms with Crippen molar-refractivity contribution in [3.8, 4) is 0 Å². The summed E-state index contributed by atoms with van der Waals surface area (Å²) < 4.78 is 6.06. The van der Waals surface area contributed by atoms with Crippen molar-refractivity contribution < 1.29 is 4.74 Å². The molecule has 1 aromatic carbocycles. The quantitative estimate of drug-likeness (QED) is 0.762. The Hall–Kier alpha value is -1.34. The molecule has 0 N–H and O–H groups in total. The van der Waals surface area contributed by atoms with Gasteiger partial charge in [-0.3, -0.25) is 0 Å². The highest BCUT2D eigenvalue weighted by Crippen LogP contribution is 2.30. The third kappa shape index (κ3) is 2.86. The molecule has 0 saturated carbocycles. The van der Waals surface area contributed by atoms with Crippen LogP contribution in [0.1, 0.15) is 25.3 Å². The lowest BCUT2D eigenvalue weighted by molar-refractivity contribution is -0.00574. The lowest BCUT2D eigenvalue weighted by Crippen LogP contribution is -2.31. The van der Waals surface area contributed by atoms with E-state index >= 15 is 0 Å². The van der Waals surface area contributed by atoms with Gasteiger partial charge in [-0.1, -0.05) is 50.4 Å². The molecule has 1 heteroatoms. The third-order valence-electron chi connectivity index (χ3n) is 3.35. The van der Waals surface area contributed by atoms with E-state index in [1.165, 1.54) is 5.56 Å². The summed E-state index contributed by atoms with van der Waals surface area (Å²) in [5.41, 5.74) is 3.56. The average Bonchev–Trinajstić information content (AvgIpc) is 2.35. The van der Waals surface area contributed by atoms with Gasteiger partial charge in [0, 0.05) is 0 Å². The van der Waals surface area contributed by atoms with Gasteiger partial charge >= 0.3 is 0 Å². The standard InChI is InChI=1S/C16H20O/c1-4-16-13(3)12(2)10-15(17-16)11-14-8-6-5-7-9-14/h5-9,15-16H,2-4,10-11H2,1H3/t15-,16-/m0/s1. The van der Waals surface area contributed by atoms with Crippen molar-refractivity contribution in [3.63, 3.8) is 0 Å². The predicted octanol–water partition coefficient (Wildman–Crippen LogP) is 3.91. The van der Waals surface area contributed by atoms with Crippen LogP contribution in [0.25, 0.3) is 0 Å². The van der Waals surface area contributed by atoms with Crippen LogP contribution in [-0.2, 0) is 11.2 Å². The minimum atomic E-state index is 0.157. The molecule has 17 heavy (non-hydrogen) atoms. The van der Waals surface area contributed by atoms with Gasteiger partial charge in [-0.25, -0.2) is 0 Å². The first-order valence-electron chi connectivity index (χ1n) is 6.27. The molecule has 1 fully saturated rings. The van der Waals surface area contributed by atoms with Gasteiger partial charge in [-0.2, -0.15) is 0 Å². The minimum Gasteiger partial charge on any atom is -0.370 e. The van der Waals surface area contributed by atoms with E-state index in [-0.39, 0.29) is 12.2 Å². The Morgan fingerprint density at radius 2 is 1.94 bits per heavy atom. The summed E-state index contributed by atoms with van der Waals surface area (Å²) in [6, 6.07) is 10.5. The van der Waals surface area contributed by atoms with E-state index in [2.05, 4.69) is 44.3 Å². The second-order valence-corrected chi connectivity index (χ2v) is 4.68. The van der Waals surface area contributed by atoms with Gasteiger partial charge in [0.2, 0.25) is 0 Å². The van der Waals surface area contributed by atoms with Crippen molar-refractivity contribution in [2.24, 2.45) is 0 Å². The Morgan fingerprint density at radius 1 is 1.24 bits per heavy atom. The number of ether oxygens (including phenoxy) is 1. The van der Waals surface area contributed by atoms with E-state index in [9.17, 15) is 0 Å². The van der Waals surface area contributed by atoms with Crippen LogP contribution in [0.2, 0.25) is 0 Å². The summed E-state index contributed by atoms with van der Waals surface area (Å²) >= 11 is 0. The van der Waals surface area contributed by atoms with Gasteiger partial charge in [0.05, 0.1) is 12.2 Å². The number of hydrogen-bond donors (Lipinski definition) is 0. The highest BCUT2D eigenvalue weighted by molar-refractivity contribution is 5.32. The molecule has 1 heterocycles. The Bertz CT molecular complexity index is 405. The predicted molar refractivity (Wildman–Crippen MR) is 72.0 cm³/mol. The molecule has 0 amide bonds. The zero-order valence-corrected chi connectivity index (χ0v) is 10.5. The van der Waals surface area contributed by atoms with Crippen LogP contribution < -0.4 is 0 Å². The van der Waals surface area contributed by atoms with Crippen LogP contribution in [0.5, 0.6) is 0 Å². The summed E-state index contributed by atoms with van der Waals surface area (Å²) in [6.07, 6.45) is 3.25. The number of rotatable bonds is 3. The zero-order chi connectivity index (χ0) is 12.3. The average molecular weight is 228 g/mol. The van der Waals surface area contributed by atoms with Crippen LogP contribution in [-0.4, -0.2) is 12.2 Å². The fourth-order valence-corrected chi connectivity index (χ4v) is 2.34. The molecular formula is C16H20O. The maximum atomic E-state index is 6.06.